The first-order valence-electron chi connectivity index (χ1n) is 11.8. The van der Waals surface area contributed by atoms with E-state index in [4.69, 9.17) is 10.5 Å². The van der Waals surface area contributed by atoms with Gasteiger partial charge in [-0.05, 0) is 42.0 Å². The van der Waals surface area contributed by atoms with Crippen molar-refractivity contribution in [1.29, 1.82) is 5.26 Å². The van der Waals surface area contributed by atoms with Crippen molar-refractivity contribution in [2.75, 3.05) is 31.2 Å². The number of allylic oxidation sites excluding steroid dienone is 3. The van der Waals surface area contributed by atoms with Crippen molar-refractivity contribution in [3.05, 3.63) is 74.4 Å². The van der Waals surface area contributed by atoms with Crippen LogP contribution in [-0.2, 0) is 22.3 Å². The van der Waals surface area contributed by atoms with Gasteiger partial charge in [0.25, 0.3) is 0 Å². The van der Waals surface area contributed by atoms with Gasteiger partial charge in [-0.3, -0.25) is 14.6 Å². The van der Waals surface area contributed by atoms with E-state index >= 15 is 0 Å². The Bertz CT molecular complexity index is 1280. The third-order valence-corrected chi connectivity index (χ3v) is 7.88. The van der Waals surface area contributed by atoms with E-state index in [1.54, 1.807) is 0 Å². The number of anilines is 1. The lowest BCUT2D eigenvalue weighted by Gasteiger charge is -2.40. The van der Waals surface area contributed by atoms with Gasteiger partial charge in [-0.2, -0.15) is 18.4 Å². The Hall–Kier alpha value is -3.13. The van der Waals surface area contributed by atoms with Crippen molar-refractivity contribution in [2.45, 2.75) is 37.9 Å². The van der Waals surface area contributed by atoms with Crippen LogP contribution in [0.2, 0.25) is 0 Å². The average Bonchev–Trinajstić information content (AvgIpc) is 3.31. The van der Waals surface area contributed by atoms with E-state index in [2.05, 4.69) is 11.0 Å². The molecular formula is C26H25F3N4O2S. The number of hydrogen-bond acceptors (Lipinski definition) is 7. The van der Waals surface area contributed by atoms with E-state index in [1.807, 2.05) is 11.4 Å². The largest absolute Gasteiger partial charge is 0.418 e. The smallest absolute Gasteiger partial charge is 0.384 e. The molecule has 6 nitrogen and oxygen atoms in total. The Labute approximate surface area is 211 Å². The zero-order chi connectivity index (χ0) is 25.4. The SMILES string of the molecule is N#CC1=C(N)N(c2ccccc2C(F)(F)F)C2=C(C(=O)CCC2)[C@H]1c1cc(CN2CCOCC2)cs1. The molecule has 10 heteroatoms. The molecule has 1 saturated heterocycles. The number of Topliss-reactive ketones (excluding diaryl/α,β-unsaturated/α-hetero) is 1. The summed E-state index contributed by atoms with van der Waals surface area (Å²) in [5.74, 6) is -0.898. The third-order valence-electron chi connectivity index (χ3n) is 6.83. The second-order valence-corrected chi connectivity index (χ2v) is 10.0. The van der Waals surface area contributed by atoms with E-state index in [0.29, 0.717) is 37.3 Å². The molecule has 1 atom stereocenters. The van der Waals surface area contributed by atoms with Crippen LogP contribution in [0.1, 0.15) is 41.2 Å². The molecule has 3 aliphatic rings. The fourth-order valence-electron chi connectivity index (χ4n) is 5.20. The highest BCUT2D eigenvalue weighted by atomic mass is 32.1. The molecule has 0 unspecified atom stereocenters. The topological polar surface area (TPSA) is 82.6 Å². The van der Waals surface area contributed by atoms with Crippen molar-refractivity contribution >= 4 is 22.8 Å². The van der Waals surface area contributed by atoms with E-state index in [1.165, 1.54) is 34.4 Å². The summed E-state index contributed by atoms with van der Waals surface area (Å²) in [5, 5.41) is 12.2. The summed E-state index contributed by atoms with van der Waals surface area (Å²) in [6, 6.07) is 9.25. The number of nitrogens with zero attached hydrogens (tertiary/aromatic N) is 3. The summed E-state index contributed by atoms with van der Waals surface area (Å²) < 4.78 is 47.1. The van der Waals surface area contributed by atoms with Crippen molar-refractivity contribution < 1.29 is 22.7 Å². The predicted octanol–water partition coefficient (Wildman–Crippen LogP) is 4.90. The lowest BCUT2D eigenvalue weighted by molar-refractivity contribution is -0.137. The number of halogens is 3. The number of morpholine rings is 1. The highest BCUT2D eigenvalue weighted by molar-refractivity contribution is 7.10. The number of ether oxygens (including phenoxy) is 1. The minimum absolute atomic E-state index is 0.0595. The van der Waals surface area contributed by atoms with Gasteiger partial charge in [0.1, 0.15) is 5.82 Å². The summed E-state index contributed by atoms with van der Waals surface area (Å²) in [7, 11) is 0. The number of rotatable bonds is 4. The second-order valence-electron chi connectivity index (χ2n) is 9.08. The fraction of sp³-hybridized carbons (Fsp3) is 0.385. The number of thiophene rings is 1. The summed E-state index contributed by atoms with van der Waals surface area (Å²) in [5.41, 5.74) is 7.42. The summed E-state index contributed by atoms with van der Waals surface area (Å²) in [4.78, 5) is 17.6. The zero-order valence-corrected chi connectivity index (χ0v) is 20.3. The molecule has 1 aliphatic carbocycles. The molecule has 36 heavy (non-hydrogen) atoms. The van der Waals surface area contributed by atoms with E-state index < -0.39 is 17.7 Å². The Morgan fingerprint density at radius 2 is 1.94 bits per heavy atom. The van der Waals surface area contributed by atoms with Gasteiger partial charge in [0.05, 0.1) is 42.0 Å². The molecule has 1 aromatic carbocycles. The number of para-hydroxylation sites is 1. The summed E-state index contributed by atoms with van der Waals surface area (Å²) >= 11 is 1.44. The van der Waals surface area contributed by atoms with E-state index in [0.717, 1.165) is 36.1 Å². The first-order valence-corrected chi connectivity index (χ1v) is 12.7. The van der Waals surface area contributed by atoms with Gasteiger partial charge in [-0.1, -0.05) is 12.1 Å². The van der Waals surface area contributed by atoms with Crippen LogP contribution in [0.4, 0.5) is 18.9 Å². The molecule has 3 heterocycles. The maximum absolute atomic E-state index is 13.9. The molecule has 188 valence electrons. The maximum Gasteiger partial charge on any atom is 0.418 e. The molecule has 2 N–H and O–H groups in total. The number of carbonyl (C=O) groups excluding carboxylic acids is 1. The van der Waals surface area contributed by atoms with Gasteiger partial charge in [0, 0.05) is 42.2 Å². The van der Waals surface area contributed by atoms with Crippen molar-refractivity contribution in [3.8, 4) is 6.07 Å². The molecule has 2 aliphatic heterocycles. The lowest BCUT2D eigenvalue weighted by atomic mass is 9.78. The number of carbonyl (C=O) groups is 1. The molecule has 0 bridgehead atoms. The predicted molar refractivity (Wildman–Crippen MR) is 130 cm³/mol. The summed E-state index contributed by atoms with van der Waals surface area (Å²) in [6.07, 6.45) is -3.43. The van der Waals surface area contributed by atoms with Crippen LogP contribution in [-0.4, -0.2) is 37.0 Å². The van der Waals surface area contributed by atoms with Crippen LogP contribution in [0, 0.1) is 11.3 Å². The average molecular weight is 515 g/mol. The van der Waals surface area contributed by atoms with Gasteiger partial charge in [-0.15, -0.1) is 11.3 Å². The van der Waals surface area contributed by atoms with Crippen LogP contribution in [0.15, 0.2) is 58.4 Å². The van der Waals surface area contributed by atoms with E-state index in [-0.39, 0.29) is 29.3 Å². The van der Waals surface area contributed by atoms with Crippen LogP contribution < -0.4 is 10.6 Å². The Morgan fingerprint density at radius 3 is 2.67 bits per heavy atom. The third kappa shape index (κ3) is 4.43. The number of nitrogens with two attached hydrogens (primary N) is 1. The lowest BCUT2D eigenvalue weighted by Crippen LogP contribution is -2.39. The van der Waals surface area contributed by atoms with Crippen molar-refractivity contribution in [1.82, 2.24) is 4.90 Å². The number of nitriles is 1. The van der Waals surface area contributed by atoms with Gasteiger partial charge in [0.15, 0.2) is 5.78 Å². The second kappa shape index (κ2) is 9.73. The Morgan fingerprint density at radius 1 is 1.19 bits per heavy atom. The Kier molecular flexibility index (Phi) is 6.64. The highest BCUT2D eigenvalue weighted by Crippen LogP contribution is 2.49. The van der Waals surface area contributed by atoms with Crippen LogP contribution in [0.25, 0.3) is 0 Å². The molecule has 5 rings (SSSR count). The van der Waals surface area contributed by atoms with Crippen molar-refractivity contribution in [3.63, 3.8) is 0 Å². The highest BCUT2D eigenvalue weighted by Gasteiger charge is 2.43. The van der Waals surface area contributed by atoms with Gasteiger partial charge < -0.3 is 10.5 Å². The monoisotopic (exact) mass is 514 g/mol. The molecule has 1 aromatic heterocycles. The first-order chi connectivity index (χ1) is 17.3. The van der Waals surface area contributed by atoms with Crippen LogP contribution in [0.3, 0.4) is 0 Å². The molecule has 0 amide bonds. The van der Waals surface area contributed by atoms with Crippen LogP contribution >= 0.6 is 11.3 Å². The molecule has 1 fully saturated rings. The van der Waals surface area contributed by atoms with Gasteiger partial charge in [0.2, 0.25) is 0 Å². The molecule has 2 aromatic rings. The Balaban J connectivity index is 1.61. The minimum atomic E-state index is -4.62. The number of benzene rings is 1. The normalized spacial score (nSPS) is 21.6. The first kappa shape index (κ1) is 24.6. The molecule has 0 radical (unpaired) electrons. The quantitative estimate of drug-likeness (QED) is 0.625. The number of alkyl halides is 3. The van der Waals surface area contributed by atoms with E-state index in [9.17, 15) is 23.2 Å². The van der Waals surface area contributed by atoms with Crippen LogP contribution in [0.5, 0.6) is 0 Å². The number of hydrogen-bond donors (Lipinski definition) is 1. The number of ketones is 1. The molecular weight excluding hydrogens is 489 g/mol. The van der Waals surface area contributed by atoms with Gasteiger partial charge in [-0.25, -0.2) is 0 Å². The molecule has 0 saturated carbocycles. The fourth-order valence-corrected chi connectivity index (χ4v) is 6.22. The minimum Gasteiger partial charge on any atom is -0.384 e. The molecule has 0 spiro atoms. The maximum atomic E-state index is 13.9. The summed E-state index contributed by atoms with van der Waals surface area (Å²) in [6.45, 7) is 3.73. The zero-order valence-electron chi connectivity index (χ0n) is 19.5. The standard InChI is InChI=1S/C26H25F3N4O2S/c27-26(28,29)18-4-1-2-5-19(18)33-20-6-3-7-21(34)24(20)23(17(13-30)25(33)31)22-12-16(15-36-22)14-32-8-10-35-11-9-32/h1-2,4-5,12,15,23H,3,6-11,14,31H2/t23-/m1/s1. The van der Waals surface area contributed by atoms with Crippen molar-refractivity contribution in [2.24, 2.45) is 5.73 Å². The van der Waals surface area contributed by atoms with Gasteiger partial charge >= 0.3 is 6.18 Å².